The molecule has 2 atom stereocenters. The van der Waals surface area contributed by atoms with Crippen molar-refractivity contribution in [3.63, 3.8) is 0 Å². The lowest BCUT2D eigenvalue weighted by Gasteiger charge is -2.38. The average molecular weight is 343 g/mol. The highest BCUT2D eigenvalue weighted by molar-refractivity contribution is 7.18. The average Bonchev–Trinajstić information content (AvgIpc) is 2.94. The number of hydrogen-bond donors (Lipinski definition) is 2. The Labute approximate surface area is 144 Å². The predicted molar refractivity (Wildman–Crippen MR) is 97.7 cm³/mol. The molecular formula is C18H21N3O2S. The number of fused-ring (bicyclic) bond motifs is 3. The lowest BCUT2D eigenvalue weighted by Crippen LogP contribution is -2.42. The second-order valence-corrected chi connectivity index (χ2v) is 7.82. The van der Waals surface area contributed by atoms with E-state index in [-0.39, 0.29) is 11.3 Å². The number of likely N-dealkylation sites (tertiary alicyclic amines) is 1. The normalized spacial score (nSPS) is 22.4. The molecule has 2 aromatic heterocycles. The van der Waals surface area contributed by atoms with E-state index in [1.165, 1.54) is 30.6 Å². The second kappa shape index (κ2) is 5.86. The Morgan fingerprint density at radius 1 is 1.33 bits per heavy atom. The SMILES string of the molecule is CC1CCCC(C)N1Cc1nc2c([nH]c(=O)c3cccc(O)c32)s1. The van der Waals surface area contributed by atoms with Gasteiger partial charge in [0.25, 0.3) is 5.56 Å². The maximum absolute atomic E-state index is 12.3. The third kappa shape index (κ3) is 2.50. The third-order valence-electron chi connectivity index (χ3n) is 5.12. The lowest BCUT2D eigenvalue weighted by molar-refractivity contribution is 0.0952. The first-order valence-corrected chi connectivity index (χ1v) is 9.25. The van der Waals surface area contributed by atoms with E-state index in [1.54, 1.807) is 18.2 Å². The van der Waals surface area contributed by atoms with Gasteiger partial charge in [0, 0.05) is 12.1 Å². The molecule has 0 saturated carbocycles. The second-order valence-electron chi connectivity index (χ2n) is 6.74. The molecule has 0 aliphatic carbocycles. The number of pyridine rings is 1. The van der Waals surface area contributed by atoms with Gasteiger partial charge in [0.1, 0.15) is 21.1 Å². The van der Waals surface area contributed by atoms with Crippen molar-refractivity contribution in [2.24, 2.45) is 0 Å². The van der Waals surface area contributed by atoms with Crippen LogP contribution in [0.2, 0.25) is 0 Å². The number of hydrogen-bond acceptors (Lipinski definition) is 5. The van der Waals surface area contributed by atoms with E-state index in [2.05, 4.69) is 23.7 Å². The fraction of sp³-hybridized carbons (Fsp3) is 0.444. The molecule has 5 nitrogen and oxygen atoms in total. The zero-order valence-electron chi connectivity index (χ0n) is 13.9. The van der Waals surface area contributed by atoms with Crippen LogP contribution in [-0.4, -0.2) is 32.1 Å². The minimum Gasteiger partial charge on any atom is -0.507 e. The Balaban J connectivity index is 1.81. The van der Waals surface area contributed by atoms with Crippen LogP contribution in [0.4, 0.5) is 0 Å². The van der Waals surface area contributed by atoms with Crippen LogP contribution in [0.15, 0.2) is 23.0 Å². The smallest absolute Gasteiger partial charge is 0.257 e. The van der Waals surface area contributed by atoms with Crippen molar-refractivity contribution in [3.8, 4) is 5.75 Å². The molecule has 6 heteroatoms. The lowest BCUT2D eigenvalue weighted by atomic mass is 9.98. The molecule has 4 rings (SSSR count). The van der Waals surface area contributed by atoms with E-state index >= 15 is 0 Å². The first-order chi connectivity index (χ1) is 11.5. The van der Waals surface area contributed by atoms with E-state index in [0.717, 1.165) is 16.4 Å². The van der Waals surface area contributed by atoms with Crippen LogP contribution >= 0.6 is 11.3 Å². The van der Waals surface area contributed by atoms with Gasteiger partial charge in [0.05, 0.1) is 17.3 Å². The van der Waals surface area contributed by atoms with Crippen molar-refractivity contribution >= 4 is 32.5 Å². The molecule has 126 valence electrons. The summed E-state index contributed by atoms with van der Waals surface area (Å²) in [5.41, 5.74) is 0.517. The number of nitrogens with one attached hydrogen (secondary N) is 1. The number of rotatable bonds is 2. The highest BCUT2D eigenvalue weighted by Gasteiger charge is 2.26. The number of benzene rings is 1. The Morgan fingerprint density at radius 2 is 2.08 bits per heavy atom. The molecule has 1 saturated heterocycles. The number of aromatic hydroxyl groups is 1. The topological polar surface area (TPSA) is 69.2 Å². The van der Waals surface area contributed by atoms with E-state index in [9.17, 15) is 9.90 Å². The van der Waals surface area contributed by atoms with Crippen molar-refractivity contribution < 1.29 is 5.11 Å². The molecular weight excluding hydrogens is 322 g/mol. The first-order valence-electron chi connectivity index (χ1n) is 8.43. The Hall–Kier alpha value is -1.92. The van der Waals surface area contributed by atoms with Gasteiger partial charge in [0.15, 0.2) is 0 Å². The third-order valence-corrected chi connectivity index (χ3v) is 6.07. The van der Waals surface area contributed by atoms with Gasteiger partial charge in [-0.1, -0.05) is 23.8 Å². The van der Waals surface area contributed by atoms with E-state index in [1.807, 2.05) is 0 Å². The van der Waals surface area contributed by atoms with E-state index < -0.39 is 0 Å². The zero-order valence-corrected chi connectivity index (χ0v) is 14.7. The van der Waals surface area contributed by atoms with Gasteiger partial charge < -0.3 is 10.1 Å². The van der Waals surface area contributed by atoms with Crippen LogP contribution in [0.1, 0.15) is 38.1 Å². The summed E-state index contributed by atoms with van der Waals surface area (Å²) in [6, 6.07) is 6.11. The summed E-state index contributed by atoms with van der Waals surface area (Å²) in [6.07, 6.45) is 3.72. The van der Waals surface area contributed by atoms with Crippen molar-refractivity contribution in [1.29, 1.82) is 0 Å². The standard InChI is InChI=1S/C18H21N3O2S/c1-10-5-3-6-11(2)21(10)9-14-19-16-15-12(7-4-8-13(15)22)17(23)20-18(16)24-14/h4,7-8,10-11,22H,3,5-6,9H2,1-2H3,(H,20,23). The number of piperidine rings is 1. The fourth-order valence-corrected chi connectivity index (χ4v) is 4.75. The number of aromatic nitrogens is 2. The van der Waals surface area contributed by atoms with Crippen molar-refractivity contribution in [2.75, 3.05) is 0 Å². The van der Waals surface area contributed by atoms with Gasteiger partial charge in [-0.2, -0.15) is 0 Å². The monoisotopic (exact) mass is 343 g/mol. The van der Waals surface area contributed by atoms with Gasteiger partial charge in [-0.3, -0.25) is 9.69 Å². The minimum absolute atomic E-state index is 0.111. The molecule has 3 heterocycles. The van der Waals surface area contributed by atoms with Crippen LogP contribution in [0.3, 0.4) is 0 Å². The number of phenolic OH excluding ortho intramolecular Hbond substituents is 1. The summed E-state index contributed by atoms with van der Waals surface area (Å²) in [4.78, 5) is 23.1. The van der Waals surface area contributed by atoms with Crippen LogP contribution in [0.5, 0.6) is 5.75 Å². The molecule has 1 fully saturated rings. The molecule has 1 aromatic carbocycles. The summed E-state index contributed by atoms with van der Waals surface area (Å²) in [7, 11) is 0. The van der Waals surface area contributed by atoms with Gasteiger partial charge >= 0.3 is 0 Å². The summed E-state index contributed by atoms with van der Waals surface area (Å²) in [6.45, 7) is 5.33. The number of thiazole rings is 1. The predicted octanol–water partition coefficient (Wildman–Crippen LogP) is 3.61. The van der Waals surface area contributed by atoms with Crippen LogP contribution in [0.25, 0.3) is 21.1 Å². The minimum atomic E-state index is -0.177. The molecule has 2 N–H and O–H groups in total. The van der Waals surface area contributed by atoms with Crippen LogP contribution < -0.4 is 5.56 Å². The molecule has 0 radical (unpaired) electrons. The molecule has 1 aliphatic heterocycles. The molecule has 0 bridgehead atoms. The molecule has 24 heavy (non-hydrogen) atoms. The summed E-state index contributed by atoms with van der Waals surface area (Å²) in [5, 5.41) is 12.2. The zero-order chi connectivity index (χ0) is 16.8. The van der Waals surface area contributed by atoms with Crippen molar-refractivity contribution in [3.05, 3.63) is 33.6 Å². The number of nitrogens with zero attached hydrogens (tertiary/aromatic N) is 2. The van der Waals surface area contributed by atoms with Crippen LogP contribution in [0, 0.1) is 0 Å². The van der Waals surface area contributed by atoms with Crippen LogP contribution in [-0.2, 0) is 6.54 Å². The van der Waals surface area contributed by atoms with Gasteiger partial charge in [-0.25, -0.2) is 4.98 Å². The number of phenols is 1. The number of H-pyrrole nitrogens is 1. The fourth-order valence-electron chi connectivity index (χ4n) is 3.78. The highest BCUT2D eigenvalue weighted by atomic mass is 32.1. The van der Waals surface area contributed by atoms with Gasteiger partial charge in [-0.05, 0) is 38.8 Å². The Morgan fingerprint density at radius 3 is 2.83 bits per heavy atom. The van der Waals surface area contributed by atoms with Crippen molar-refractivity contribution in [1.82, 2.24) is 14.9 Å². The Kier molecular flexibility index (Phi) is 3.81. The summed E-state index contributed by atoms with van der Waals surface area (Å²) < 4.78 is 0. The van der Waals surface area contributed by atoms with Gasteiger partial charge in [0.2, 0.25) is 0 Å². The maximum atomic E-state index is 12.3. The number of aromatic amines is 1. The molecule has 3 aromatic rings. The quantitative estimate of drug-likeness (QED) is 0.746. The first kappa shape index (κ1) is 15.6. The van der Waals surface area contributed by atoms with Crippen molar-refractivity contribution in [2.45, 2.75) is 51.7 Å². The van der Waals surface area contributed by atoms with Gasteiger partial charge in [-0.15, -0.1) is 0 Å². The Bertz CT molecular complexity index is 952. The summed E-state index contributed by atoms with van der Waals surface area (Å²) >= 11 is 1.51. The largest absolute Gasteiger partial charge is 0.507 e. The highest BCUT2D eigenvalue weighted by Crippen LogP contribution is 2.33. The summed E-state index contributed by atoms with van der Waals surface area (Å²) in [5.74, 6) is 0.111. The maximum Gasteiger partial charge on any atom is 0.257 e. The van der Waals surface area contributed by atoms with E-state index in [4.69, 9.17) is 4.98 Å². The molecule has 0 amide bonds. The molecule has 0 spiro atoms. The van der Waals surface area contributed by atoms with E-state index in [0.29, 0.717) is 28.4 Å². The molecule has 1 aliphatic rings. The molecule has 2 unspecified atom stereocenters.